The number of halogens is 4. The Hall–Kier alpha value is -2.72. The molecule has 2 aromatic carbocycles. The van der Waals surface area contributed by atoms with Crippen LogP contribution in [0.5, 0.6) is 0 Å². The van der Waals surface area contributed by atoms with Gasteiger partial charge in [0, 0.05) is 24.0 Å². The Morgan fingerprint density at radius 3 is 2.70 bits per heavy atom. The number of nitrogens with zero attached hydrogens (tertiary/aromatic N) is 2. The topological polar surface area (TPSA) is 84.2 Å². The predicted molar refractivity (Wildman–Crippen MR) is 108 cm³/mol. The van der Waals surface area contributed by atoms with E-state index < -0.39 is 23.8 Å². The minimum absolute atomic E-state index is 0.0371. The average molecular weight is 484 g/mol. The highest BCUT2D eigenvalue weighted by Gasteiger charge is 2.34. The maximum absolute atomic E-state index is 13.1. The van der Waals surface area contributed by atoms with Crippen LogP contribution in [0, 0.1) is 0 Å². The number of fused-ring (bicyclic) bond motifs is 1. The number of aromatic nitrogens is 2. The van der Waals surface area contributed by atoms with Crippen molar-refractivity contribution in [3.8, 4) is 0 Å². The molecule has 1 amide bonds. The highest BCUT2D eigenvalue weighted by molar-refractivity contribution is 9.10. The summed E-state index contributed by atoms with van der Waals surface area (Å²) in [6.45, 7) is -0.348. The third kappa shape index (κ3) is 5.06. The van der Waals surface area contributed by atoms with E-state index in [-0.39, 0.29) is 30.6 Å². The summed E-state index contributed by atoms with van der Waals surface area (Å²) >= 11 is 3.29. The van der Waals surface area contributed by atoms with Crippen molar-refractivity contribution in [1.29, 1.82) is 0 Å². The monoisotopic (exact) mass is 483 g/mol. The summed E-state index contributed by atoms with van der Waals surface area (Å²) in [6.07, 6.45) is -4.90. The number of alkyl halides is 3. The van der Waals surface area contributed by atoms with Gasteiger partial charge in [0.25, 0.3) is 5.56 Å². The first-order valence-corrected chi connectivity index (χ1v) is 9.71. The van der Waals surface area contributed by atoms with Crippen molar-refractivity contribution in [1.82, 2.24) is 14.9 Å². The van der Waals surface area contributed by atoms with Crippen LogP contribution in [0.25, 0.3) is 10.9 Å². The molecule has 0 fully saturated rings. The number of nitrogens with one attached hydrogen (secondary N) is 1. The smallest absolute Gasteiger partial charge is 0.387 e. The van der Waals surface area contributed by atoms with E-state index in [1.54, 1.807) is 18.2 Å². The maximum Gasteiger partial charge on any atom is 0.416 e. The number of hydrogen-bond acceptors (Lipinski definition) is 4. The molecule has 6 nitrogen and oxygen atoms in total. The Morgan fingerprint density at radius 2 is 1.97 bits per heavy atom. The first kappa shape index (κ1) is 22.0. The van der Waals surface area contributed by atoms with Crippen LogP contribution in [0.1, 0.15) is 23.7 Å². The van der Waals surface area contributed by atoms with E-state index in [9.17, 15) is 27.9 Å². The van der Waals surface area contributed by atoms with Crippen molar-refractivity contribution in [2.24, 2.45) is 0 Å². The zero-order valence-electron chi connectivity index (χ0n) is 15.5. The Labute approximate surface area is 177 Å². The number of benzene rings is 2. The number of carbonyl (C=O) groups excluding carboxylic acids is 1. The highest BCUT2D eigenvalue weighted by atomic mass is 79.9. The molecule has 0 saturated carbocycles. The van der Waals surface area contributed by atoms with Crippen molar-refractivity contribution in [3.63, 3.8) is 0 Å². The zero-order valence-corrected chi connectivity index (χ0v) is 17.1. The van der Waals surface area contributed by atoms with Gasteiger partial charge in [0.2, 0.25) is 5.91 Å². The van der Waals surface area contributed by atoms with Crippen molar-refractivity contribution in [3.05, 3.63) is 74.7 Å². The lowest BCUT2D eigenvalue weighted by Crippen LogP contribution is -2.31. The van der Waals surface area contributed by atoms with Gasteiger partial charge in [-0.2, -0.15) is 13.2 Å². The second-order valence-corrected chi connectivity index (χ2v) is 7.48. The summed E-state index contributed by atoms with van der Waals surface area (Å²) in [6, 6.07) is 9.73. The number of aliphatic hydroxyl groups is 1. The van der Waals surface area contributed by atoms with Gasteiger partial charge in [0.05, 0.1) is 28.9 Å². The molecule has 1 heterocycles. The van der Waals surface area contributed by atoms with E-state index in [1.807, 2.05) is 0 Å². The van der Waals surface area contributed by atoms with Crippen LogP contribution in [0.2, 0.25) is 0 Å². The van der Waals surface area contributed by atoms with Gasteiger partial charge in [0.1, 0.15) is 0 Å². The fourth-order valence-electron chi connectivity index (χ4n) is 2.97. The number of rotatable bonds is 6. The fraction of sp³-hybridized carbons (Fsp3) is 0.250. The van der Waals surface area contributed by atoms with Crippen LogP contribution in [0.15, 0.2) is 58.1 Å². The van der Waals surface area contributed by atoms with E-state index in [0.717, 1.165) is 16.6 Å². The van der Waals surface area contributed by atoms with Crippen LogP contribution in [0.4, 0.5) is 13.2 Å². The standard InChI is InChI=1S/C20H17BrF3N3O3/c21-12-5-6-16-14(9-12)19(30)27(11-26-16)8-7-18(29)25-10-17(28)13-3-1-2-4-15(13)20(22,23)24/h1-6,9,11,17,28H,7-8,10H2,(H,25,29). The molecule has 0 aliphatic heterocycles. The van der Waals surface area contributed by atoms with E-state index in [0.29, 0.717) is 10.9 Å². The summed E-state index contributed by atoms with van der Waals surface area (Å²) in [5.74, 6) is -0.514. The van der Waals surface area contributed by atoms with Gasteiger partial charge in [-0.3, -0.25) is 14.2 Å². The average Bonchev–Trinajstić information content (AvgIpc) is 2.71. The second kappa shape index (κ2) is 8.97. The molecule has 1 aromatic heterocycles. The molecule has 1 atom stereocenters. The predicted octanol–water partition coefficient (Wildman–Crippen LogP) is 3.42. The first-order chi connectivity index (χ1) is 14.2. The molecular formula is C20H17BrF3N3O3. The Balaban J connectivity index is 1.62. The molecule has 0 spiro atoms. The molecular weight excluding hydrogens is 467 g/mol. The number of amides is 1. The van der Waals surface area contributed by atoms with Gasteiger partial charge in [-0.05, 0) is 29.8 Å². The van der Waals surface area contributed by atoms with Crippen molar-refractivity contribution < 1.29 is 23.1 Å². The molecule has 3 rings (SSSR count). The normalized spacial score (nSPS) is 12.7. The quantitative estimate of drug-likeness (QED) is 0.562. The molecule has 0 saturated heterocycles. The van der Waals surface area contributed by atoms with Crippen molar-refractivity contribution >= 4 is 32.7 Å². The second-order valence-electron chi connectivity index (χ2n) is 6.56. The molecule has 0 aliphatic carbocycles. The third-order valence-corrected chi connectivity index (χ3v) is 4.98. The first-order valence-electron chi connectivity index (χ1n) is 8.92. The maximum atomic E-state index is 13.1. The van der Waals surface area contributed by atoms with Gasteiger partial charge in [-0.1, -0.05) is 34.1 Å². The fourth-order valence-corrected chi connectivity index (χ4v) is 3.33. The van der Waals surface area contributed by atoms with Gasteiger partial charge >= 0.3 is 6.18 Å². The minimum Gasteiger partial charge on any atom is -0.387 e. The van der Waals surface area contributed by atoms with E-state index in [1.165, 1.54) is 23.0 Å². The van der Waals surface area contributed by atoms with Crippen LogP contribution < -0.4 is 10.9 Å². The summed E-state index contributed by atoms with van der Waals surface area (Å²) in [5, 5.41) is 12.9. The van der Waals surface area contributed by atoms with Gasteiger partial charge in [0.15, 0.2) is 0 Å². The molecule has 30 heavy (non-hydrogen) atoms. The summed E-state index contributed by atoms with van der Waals surface area (Å²) < 4.78 is 41.2. The zero-order chi connectivity index (χ0) is 21.9. The van der Waals surface area contributed by atoms with Crippen LogP contribution >= 0.6 is 15.9 Å². The van der Waals surface area contributed by atoms with Crippen LogP contribution in [-0.4, -0.2) is 27.1 Å². The highest BCUT2D eigenvalue weighted by Crippen LogP contribution is 2.34. The van der Waals surface area contributed by atoms with Gasteiger partial charge < -0.3 is 10.4 Å². The molecule has 10 heteroatoms. The number of aliphatic hydroxyl groups excluding tert-OH is 1. The lowest BCUT2D eigenvalue weighted by atomic mass is 10.0. The van der Waals surface area contributed by atoms with E-state index in [4.69, 9.17) is 0 Å². The van der Waals surface area contributed by atoms with Crippen molar-refractivity contribution in [2.75, 3.05) is 6.54 Å². The summed E-state index contributed by atoms with van der Waals surface area (Å²) in [4.78, 5) is 28.7. The SMILES string of the molecule is O=C(CCn1cnc2ccc(Br)cc2c1=O)NCC(O)c1ccccc1C(F)(F)F. The molecule has 3 aromatic rings. The Bertz CT molecular complexity index is 1130. The third-order valence-electron chi connectivity index (χ3n) is 4.48. The lowest BCUT2D eigenvalue weighted by molar-refractivity contribution is -0.139. The number of hydrogen-bond donors (Lipinski definition) is 2. The van der Waals surface area contributed by atoms with E-state index >= 15 is 0 Å². The lowest BCUT2D eigenvalue weighted by Gasteiger charge is -2.18. The minimum atomic E-state index is -4.61. The van der Waals surface area contributed by atoms with Gasteiger partial charge in [-0.15, -0.1) is 0 Å². The summed E-state index contributed by atoms with van der Waals surface area (Å²) in [7, 11) is 0. The molecule has 0 aliphatic rings. The number of aryl methyl sites for hydroxylation is 1. The Morgan fingerprint density at radius 1 is 1.23 bits per heavy atom. The molecule has 1 unspecified atom stereocenters. The van der Waals surface area contributed by atoms with Crippen molar-refractivity contribution in [2.45, 2.75) is 25.2 Å². The molecule has 158 valence electrons. The van der Waals surface area contributed by atoms with Gasteiger partial charge in [-0.25, -0.2) is 4.98 Å². The molecule has 0 bridgehead atoms. The van der Waals surface area contributed by atoms with E-state index in [2.05, 4.69) is 26.2 Å². The molecule has 2 N–H and O–H groups in total. The Kier molecular flexibility index (Phi) is 6.57. The van der Waals surface area contributed by atoms with Crippen LogP contribution in [0.3, 0.4) is 0 Å². The summed E-state index contributed by atoms with van der Waals surface area (Å²) in [5.41, 5.74) is -1.05. The molecule has 0 radical (unpaired) electrons. The number of carbonyl (C=O) groups is 1. The largest absolute Gasteiger partial charge is 0.416 e. The van der Waals surface area contributed by atoms with Crippen LogP contribution in [-0.2, 0) is 17.5 Å².